The lowest BCUT2D eigenvalue weighted by Gasteiger charge is -2.11. The van der Waals surface area contributed by atoms with Gasteiger partial charge in [-0.25, -0.2) is 4.39 Å². The summed E-state index contributed by atoms with van der Waals surface area (Å²) in [5.74, 6) is -0.924. The van der Waals surface area contributed by atoms with Crippen LogP contribution in [0.1, 0.15) is 11.1 Å². The van der Waals surface area contributed by atoms with Gasteiger partial charge in [-0.1, -0.05) is 15.9 Å². The molecule has 0 saturated heterocycles. The summed E-state index contributed by atoms with van der Waals surface area (Å²) in [6.07, 6.45) is -4.56. The third-order valence-corrected chi connectivity index (χ3v) is 2.40. The minimum absolute atomic E-state index is 0.0669. The molecule has 1 nitrogen and oxygen atoms in total. The zero-order chi connectivity index (χ0) is 11.6. The number of halogens is 5. The summed E-state index contributed by atoms with van der Waals surface area (Å²) < 4.78 is 54.6. The van der Waals surface area contributed by atoms with E-state index in [-0.39, 0.29) is 16.6 Å². The summed E-state index contributed by atoms with van der Waals surface area (Å²) in [6.45, 7) is -0.0669. The van der Waals surface area contributed by atoms with Gasteiger partial charge in [0.2, 0.25) is 0 Å². The van der Waals surface area contributed by atoms with Crippen molar-refractivity contribution in [2.45, 2.75) is 12.8 Å². The van der Waals surface area contributed by atoms with Crippen LogP contribution < -0.4 is 0 Å². The first-order chi connectivity index (χ1) is 6.86. The first kappa shape index (κ1) is 12.4. The summed E-state index contributed by atoms with van der Waals surface area (Å²) in [5, 5.41) is 0. The Labute approximate surface area is 92.2 Å². The molecular weight excluding hydrogens is 280 g/mol. The summed E-state index contributed by atoms with van der Waals surface area (Å²) in [5.41, 5.74) is -0.947. The van der Waals surface area contributed by atoms with Crippen molar-refractivity contribution in [3.63, 3.8) is 0 Å². The average Bonchev–Trinajstić information content (AvgIpc) is 2.09. The maximum absolute atomic E-state index is 13.1. The fraction of sp³-hybridized carbons (Fsp3) is 0.333. The topological polar surface area (TPSA) is 9.23 Å². The smallest absolute Gasteiger partial charge is 0.380 e. The predicted octanol–water partition coefficient (Wildman–Crippen LogP) is 3.75. The van der Waals surface area contributed by atoms with E-state index in [9.17, 15) is 17.6 Å². The van der Waals surface area contributed by atoms with Gasteiger partial charge < -0.3 is 4.74 Å². The summed E-state index contributed by atoms with van der Waals surface area (Å²) >= 11 is 2.74. The zero-order valence-electron chi connectivity index (χ0n) is 7.66. The van der Waals surface area contributed by atoms with Gasteiger partial charge in [0.15, 0.2) is 0 Å². The lowest BCUT2D eigenvalue weighted by atomic mass is 10.1. The molecule has 0 radical (unpaired) electrons. The SMILES string of the molecule is COCc1cc(Br)c(C(F)(F)F)cc1F. The molecule has 0 N–H and O–H groups in total. The van der Waals surface area contributed by atoms with Gasteiger partial charge in [0.25, 0.3) is 0 Å². The third kappa shape index (κ3) is 2.92. The molecule has 0 bridgehead atoms. The van der Waals surface area contributed by atoms with Crippen LogP contribution >= 0.6 is 15.9 Å². The van der Waals surface area contributed by atoms with E-state index in [1.54, 1.807) is 0 Å². The van der Waals surface area contributed by atoms with E-state index in [4.69, 9.17) is 0 Å². The van der Waals surface area contributed by atoms with Crippen molar-refractivity contribution < 1.29 is 22.3 Å². The Balaban J connectivity index is 3.20. The van der Waals surface area contributed by atoms with Crippen LogP contribution in [0.5, 0.6) is 0 Å². The Morgan fingerprint density at radius 1 is 1.33 bits per heavy atom. The summed E-state index contributed by atoms with van der Waals surface area (Å²) in [4.78, 5) is 0. The fourth-order valence-electron chi connectivity index (χ4n) is 1.07. The first-order valence-corrected chi connectivity index (χ1v) is 4.69. The van der Waals surface area contributed by atoms with E-state index in [0.717, 1.165) is 6.07 Å². The molecule has 0 heterocycles. The normalized spacial score (nSPS) is 11.9. The molecule has 0 saturated carbocycles. The molecule has 0 amide bonds. The molecular formula is C9H7BrF4O. The highest BCUT2D eigenvalue weighted by atomic mass is 79.9. The maximum Gasteiger partial charge on any atom is 0.417 e. The molecule has 0 aliphatic heterocycles. The number of ether oxygens (including phenoxy) is 1. The molecule has 15 heavy (non-hydrogen) atoms. The molecule has 1 rings (SSSR count). The van der Waals surface area contributed by atoms with E-state index >= 15 is 0 Å². The molecule has 84 valence electrons. The Morgan fingerprint density at radius 2 is 1.93 bits per heavy atom. The van der Waals surface area contributed by atoms with Gasteiger partial charge in [-0.05, 0) is 12.1 Å². The molecule has 0 spiro atoms. The number of hydrogen-bond donors (Lipinski definition) is 0. The van der Waals surface area contributed by atoms with E-state index in [1.807, 2.05) is 0 Å². The highest BCUT2D eigenvalue weighted by molar-refractivity contribution is 9.10. The van der Waals surface area contributed by atoms with Crippen LogP contribution in [0, 0.1) is 5.82 Å². The van der Waals surface area contributed by atoms with Gasteiger partial charge in [0.1, 0.15) is 5.82 Å². The Hall–Kier alpha value is -0.620. The monoisotopic (exact) mass is 286 g/mol. The quantitative estimate of drug-likeness (QED) is 0.753. The largest absolute Gasteiger partial charge is 0.417 e. The van der Waals surface area contributed by atoms with Gasteiger partial charge >= 0.3 is 6.18 Å². The molecule has 1 aromatic carbocycles. The minimum Gasteiger partial charge on any atom is -0.380 e. The van der Waals surface area contributed by atoms with Crippen LogP contribution in [0.3, 0.4) is 0 Å². The summed E-state index contributed by atoms with van der Waals surface area (Å²) in [7, 11) is 1.34. The maximum atomic E-state index is 13.1. The first-order valence-electron chi connectivity index (χ1n) is 3.90. The van der Waals surface area contributed by atoms with Gasteiger partial charge in [0, 0.05) is 17.1 Å². The molecule has 0 fully saturated rings. The van der Waals surface area contributed by atoms with Crippen molar-refractivity contribution in [3.8, 4) is 0 Å². The van der Waals surface area contributed by atoms with Gasteiger partial charge in [-0.15, -0.1) is 0 Å². The Bertz CT molecular complexity index is 362. The molecule has 0 aliphatic carbocycles. The van der Waals surface area contributed by atoms with Crippen LogP contribution in [-0.4, -0.2) is 7.11 Å². The Kier molecular flexibility index (Phi) is 3.72. The van der Waals surface area contributed by atoms with Crippen LogP contribution in [0.25, 0.3) is 0 Å². The van der Waals surface area contributed by atoms with E-state index in [0.29, 0.717) is 6.07 Å². The standard InChI is InChI=1S/C9H7BrF4O/c1-15-4-5-2-7(10)6(3-8(5)11)9(12,13)14/h2-3H,4H2,1H3. The van der Waals surface area contributed by atoms with Crippen molar-refractivity contribution in [1.29, 1.82) is 0 Å². The van der Waals surface area contributed by atoms with E-state index < -0.39 is 17.6 Å². The lowest BCUT2D eigenvalue weighted by molar-refractivity contribution is -0.138. The second-order valence-electron chi connectivity index (χ2n) is 2.85. The molecule has 0 unspecified atom stereocenters. The number of benzene rings is 1. The molecule has 0 atom stereocenters. The summed E-state index contributed by atoms with van der Waals surface area (Å²) in [6, 6.07) is 1.53. The van der Waals surface area contributed by atoms with Gasteiger partial charge in [-0.3, -0.25) is 0 Å². The van der Waals surface area contributed by atoms with Crippen molar-refractivity contribution in [1.82, 2.24) is 0 Å². The van der Waals surface area contributed by atoms with Crippen molar-refractivity contribution in [3.05, 3.63) is 33.5 Å². The lowest BCUT2D eigenvalue weighted by Crippen LogP contribution is -2.08. The number of methoxy groups -OCH3 is 1. The van der Waals surface area contributed by atoms with Crippen molar-refractivity contribution >= 4 is 15.9 Å². The minimum atomic E-state index is -4.56. The van der Waals surface area contributed by atoms with Crippen molar-refractivity contribution in [2.75, 3.05) is 7.11 Å². The van der Waals surface area contributed by atoms with Gasteiger partial charge in [-0.2, -0.15) is 13.2 Å². The number of hydrogen-bond acceptors (Lipinski definition) is 1. The van der Waals surface area contributed by atoms with Crippen molar-refractivity contribution in [2.24, 2.45) is 0 Å². The average molecular weight is 287 g/mol. The highest BCUT2D eigenvalue weighted by Crippen LogP contribution is 2.36. The molecule has 1 aromatic rings. The number of alkyl halides is 3. The van der Waals surface area contributed by atoms with Crippen LogP contribution in [0.2, 0.25) is 0 Å². The second-order valence-corrected chi connectivity index (χ2v) is 3.71. The van der Waals surface area contributed by atoms with E-state index in [1.165, 1.54) is 7.11 Å². The van der Waals surface area contributed by atoms with Crippen LogP contribution in [0.4, 0.5) is 17.6 Å². The third-order valence-electron chi connectivity index (χ3n) is 1.74. The van der Waals surface area contributed by atoms with E-state index in [2.05, 4.69) is 20.7 Å². The zero-order valence-corrected chi connectivity index (χ0v) is 9.25. The van der Waals surface area contributed by atoms with Crippen LogP contribution in [0.15, 0.2) is 16.6 Å². The molecule has 0 aromatic heterocycles. The predicted molar refractivity (Wildman–Crippen MR) is 49.8 cm³/mol. The fourth-order valence-corrected chi connectivity index (χ4v) is 1.69. The highest BCUT2D eigenvalue weighted by Gasteiger charge is 2.33. The van der Waals surface area contributed by atoms with Gasteiger partial charge in [0.05, 0.1) is 12.2 Å². The molecule has 6 heteroatoms. The molecule has 0 aliphatic rings. The number of rotatable bonds is 2. The van der Waals surface area contributed by atoms with Crippen LogP contribution in [-0.2, 0) is 17.5 Å². The second kappa shape index (κ2) is 4.49. The Morgan fingerprint density at radius 3 is 2.40 bits per heavy atom.